The molecule has 0 spiro atoms. The van der Waals surface area contributed by atoms with Crippen molar-refractivity contribution in [3.63, 3.8) is 0 Å². The number of fused-ring (bicyclic) bond motifs is 1. The Hall–Kier alpha value is -0.920. The number of isocyanates is 1. The van der Waals surface area contributed by atoms with Crippen LogP contribution in [0.4, 0.5) is 0 Å². The van der Waals surface area contributed by atoms with E-state index in [-0.39, 0.29) is 17.6 Å². The van der Waals surface area contributed by atoms with Crippen LogP contribution < -0.4 is 0 Å². The number of hydrogen-bond donors (Lipinski definition) is 1. The topological polar surface area (TPSA) is 49.7 Å². The largest absolute Gasteiger partial charge is 0.396 e. The van der Waals surface area contributed by atoms with Gasteiger partial charge in [0, 0.05) is 6.61 Å². The molecular formula is C20H33NO2. The molecule has 0 radical (unpaired) electrons. The van der Waals surface area contributed by atoms with E-state index in [1.165, 1.54) is 12.0 Å². The maximum Gasteiger partial charge on any atom is 0.235 e. The summed E-state index contributed by atoms with van der Waals surface area (Å²) in [7, 11) is 0. The minimum Gasteiger partial charge on any atom is -0.396 e. The van der Waals surface area contributed by atoms with Crippen LogP contribution in [-0.4, -0.2) is 23.3 Å². The van der Waals surface area contributed by atoms with Crippen LogP contribution in [0, 0.1) is 23.2 Å². The molecule has 2 saturated carbocycles. The second-order valence-corrected chi connectivity index (χ2v) is 8.42. The second kappa shape index (κ2) is 7.32. The van der Waals surface area contributed by atoms with Crippen molar-refractivity contribution in [1.29, 1.82) is 0 Å². The average Bonchev–Trinajstić information content (AvgIpc) is 2.46. The minimum absolute atomic E-state index is 0.196. The molecular weight excluding hydrogens is 286 g/mol. The van der Waals surface area contributed by atoms with Gasteiger partial charge in [-0.15, -0.1) is 0 Å². The number of carbonyl (C=O) groups excluding carboxylic acids is 1. The van der Waals surface area contributed by atoms with E-state index in [4.69, 9.17) is 5.11 Å². The molecule has 0 heterocycles. The highest BCUT2D eigenvalue weighted by Crippen LogP contribution is 2.60. The molecule has 3 nitrogen and oxygen atoms in total. The maximum absolute atomic E-state index is 11.0. The summed E-state index contributed by atoms with van der Waals surface area (Å²) >= 11 is 0. The third kappa shape index (κ3) is 3.61. The van der Waals surface area contributed by atoms with E-state index in [0.29, 0.717) is 17.8 Å². The van der Waals surface area contributed by atoms with E-state index in [9.17, 15) is 4.79 Å². The summed E-state index contributed by atoms with van der Waals surface area (Å²) in [6.45, 7) is 11.5. The Morgan fingerprint density at radius 3 is 2.78 bits per heavy atom. The van der Waals surface area contributed by atoms with Crippen molar-refractivity contribution in [2.75, 3.05) is 6.61 Å². The number of hydrogen-bond acceptors (Lipinski definition) is 3. The van der Waals surface area contributed by atoms with E-state index in [0.717, 1.165) is 44.9 Å². The second-order valence-electron chi connectivity index (χ2n) is 8.42. The summed E-state index contributed by atoms with van der Waals surface area (Å²) in [5.74, 6) is 1.53. The number of nitrogens with zero attached hydrogens (tertiary/aromatic N) is 1. The van der Waals surface area contributed by atoms with Crippen molar-refractivity contribution >= 4 is 6.08 Å². The molecule has 2 fully saturated rings. The Morgan fingerprint density at radius 2 is 2.13 bits per heavy atom. The summed E-state index contributed by atoms with van der Waals surface area (Å²) in [4.78, 5) is 15.2. The van der Waals surface area contributed by atoms with E-state index in [2.05, 4.69) is 32.3 Å². The van der Waals surface area contributed by atoms with Gasteiger partial charge in [0.25, 0.3) is 0 Å². The molecule has 0 aliphatic heterocycles. The molecule has 23 heavy (non-hydrogen) atoms. The van der Waals surface area contributed by atoms with Crippen molar-refractivity contribution < 1.29 is 9.90 Å². The van der Waals surface area contributed by atoms with Crippen LogP contribution in [0.25, 0.3) is 0 Å². The van der Waals surface area contributed by atoms with Gasteiger partial charge in [-0.1, -0.05) is 38.8 Å². The van der Waals surface area contributed by atoms with Crippen molar-refractivity contribution in [3.05, 3.63) is 12.2 Å². The monoisotopic (exact) mass is 319 g/mol. The van der Waals surface area contributed by atoms with Crippen molar-refractivity contribution in [2.45, 2.75) is 77.7 Å². The first-order chi connectivity index (χ1) is 10.9. The Labute approximate surface area is 141 Å². The summed E-state index contributed by atoms with van der Waals surface area (Å²) < 4.78 is 0. The third-order valence-electron chi connectivity index (χ3n) is 6.86. The first kappa shape index (κ1) is 18.4. The Morgan fingerprint density at radius 1 is 1.39 bits per heavy atom. The molecule has 3 heteroatoms. The fraction of sp³-hybridized carbons (Fsp3) is 0.850. The van der Waals surface area contributed by atoms with Crippen LogP contribution in [-0.2, 0) is 4.79 Å². The van der Waals surface area contributed by atoms with E-state index in [1.54, 1.807) is 0 Å². The molecule has 0 saturated heterocycles. The normalized spacial score (nSPS) is 38.5. The molecule has 2 aliphatic rings. The fourth-order valence-corrected chi connectivity index (χ4v) is 5.50. The highest BCUT2D eigenvalue weighted by molar-refractivity contribution is 5.35. The van der Waals surface area contributed by atoms with Crippen LogP contribution in [0.15, 0.2) is 17.1 Å². The zero-order chi connectivity index (χ0) is 17.1. The average molecular weight is 319 g/mol. The molecule has 2 aliphatic carbocycles. The van der Waals surface area contributed by atoms with Gasteiger partial charge in [0.05, 0.1) is 5.54 Å². The highest BCUT2D eigenvalue weighted by atomic mass is 16.3. The van der Waals surface area contributed by atoms with Crippen LogP contribution in [0.3, 0.4) is 0 Å². The van der Waals surface area contributed by atoms with E-state index in [1.807, 2.05) is 6.08 Å². The summed E-state index contributed by atoms with van der Waals surface area (Å²) in [6.07, 6.45) is 10.5. The Bertz CT molecular complexity index is 482. The van der Waals surface area contributed by atoms with Crippen molar-refractivity contribution in [2.24, 2.45) is 28.2 Å². The molecule has 0 unspecified atom stereocenters. The lowest BCUT2D eigenvalue weighted by atomic mass is 9.49. The molecule has 0 aromatic heterocycles. The molecule has 2 rings (SSSR count). The molecule has 130 valence electrons. The third-order valence-corrected chi connectivity index (χ3v) is 6.86. The van der Waals surface area contributed by atoms with Gasteiger partial charge in [-0.05, 0) is 68.6 Å². The lowest BCUT2D eigenvalue weighted by Crippen LogP contribution is -2.53. The van der Waals surface area contributed by atoms with Gasteiger partial charge in [-0.25, -0.2) is 4.79 Å². The number of aliphatic hydroxyl groups is 1. The van der Waals surface area contributed by atoms with Gasteiger partial charge in [0.15, 0.2) is 0 Å². The zero-order valence-electron chi connectivity index (χ0n) is 15.1. The van der Waals surface area contributed by atoms with Crippen LogP contribution in [0.1, 0.15) is 72.1 Å². The summed E-state index contributed by atoms with van der Waals surface area (Å²) in [5, 5.41) is 9.12. The van der Waals surface area contributed by atoms with Gasteiger partial charge >= 0.3 is 0 Å². The quantitative estimate of drug-likeness (QED) is 0.440. The van der Waals surface area contributed by atoms with Crippen molar-refractivity contribution in [3.8, 4) is 0 Å². The van der Waals surface area contributed by atoms with Crippen LogP contribution >= 0.6 is 0 Å². The first-order valence-electron chi connectivity index (χ1n) is 9.25. The lowest BCUT2D eigenvalue weighted by Gasteiger charge is -2.57. The van der Waals surface area contributed by atoms with Crippen LogP contribution in [0.5, 0.6) is 0 Å². The number of aliphatic imine (C=N–C) groups is 1. The van der Waals surface area contributed by atoms with E-state index >= 15 is 0 Å². The fourth-order valence-electron chi connectivity index (χ4n) is 5.50. The minimum atomic E-state index is -0.246. The Kier molecular flexibility index (Phi) is 5.86. The number of rotatable bonds is 6. The van der Waals surface area contributed by atoms with Gasteiger partial charge in [0.2, 0.25) is 6.08 Å². The number of aliphatic hydroxyl groups excluding tert-OH is 1. The highest BCUT2D eigenvalue weighted by Gasteiger charge is 2.54. The van der Waals surface area contributed by atoms with Crippen LogP contribution in [0.2, 0.25) is 0 Å². The summed E-state index contributed by atoms with van der Waals surface area (Å²) in [6, 6.07) is 0. The molecule has 0 aromatic carbocycles. The zero-order valence-corrected chi connectivity index (χ0v) is 15.1. The molecule has 0 bridgehead atoms. The lowest BCUT2D eigenvalue weighted by molar-refractivity contribution is -0.0216. The summed E-state index contributed by atoms with van der Waals surface area (Å²) in [5.41, 5.74) is 1.34. The van der Waals surface area contributed by atoms with Gasteiger partial charge in [-0.3, -0.25) is 0 Å². The molecule has 0 aromatic rings. The van der Waals surface area contributed by atoms with E-state index < -0.39 is 0 Å². The molecule has 5 atom stereocenters. The molecule has 1 N–H and O–H groups in total. The smallest absolute Gasteiger partial charge is 0.235 e. The predicted octanol–water partition coefficient (Wildman–Crippen LogP) is 4.65. The first-order valence-corrected chi connectivity index (χ1v) is 9.25. The predicted molar refractivity (Wildman–Crippen MR) is 93.9 cm³/mol. The standard InChI is InChI=1S/C20H33NO2/c1-15(10-13-22)6-8-17-16(2)7-9-18-19(17,3)11-5-12-20(18,4)21-14-23/h15,17-18,22H,2,5-13H2,1,3-4H3/t15-,17-,18+,19+,20-/m0/s1. The van der Waals surface area contributed by atoms with Gasteiger partial charge in [-0.2, -0.15) is 4.99 Å². The van der Waals surface area contributed by atoms with Gasteiger partial charge < -0.3 is 5.11 Å². The van der Waals surface area contributed by atoms with Crippen molar-refractivity contribution in [1.82, 2.24) is 0 Å². The molecule has 0 amide bonds. The number of allylic oxidation sites excluding steroid dienone is 1. The van der Waals surface area contributed by atoms with Gasteiger partial charge in [0.1, 0.15) is 0 Å². The Balaban J connectivity index is 2.20. The SMILES string of the molecule is C=C1CC[C@@H]2[C@](C)(CCC[C@]2(C)N=C=O)[C@H]1CC[C@H](C)CCO. The maximum atomic E-state index is 11.0.